The molecule has 0 amide bonds. The minimum Gasteiger partial charge on any atom is -0.295 e. The molecule has 3 heterocycles. The van der Waals surface area contributed by atoms with Gasteiger partial charge in [-0.25, -0.2) is 4.98 Å². The van der Waals surface area contributed by atoms with Crippen LogP contribution in [-0.2, 0) is 12.8 Å². The van der Waals surface area contributed by atoms with E-state index in [1.807, 2.05) is 47.1 Å². The van der Waals surface area contributed by atoms with Crippen molar-refractivity contribution in [1.29, 1.82) is 0 Å². The van der Waals surface area contributed by atoms with Crippen molar-refractivity contribution in [2.24, 2.45) is 7.05 Å². The summed E-state index contributed by atoms with van der Waals surface area (Å²) >= 11 is 1.60. The summed E-state index contributed by atoms with van der Waals surface area (Å²) in [5.41, 5.74) is 3.15. The minimum atomic E-state index is -0.0736. The van der Waals surface area contributed by atoms with Crippen molar-refractivity contribution in [3.8, 4) is 5.69 Å². The largest absolute Gasteiger partial charge is 0.295 e. The van der Waals surface area contributed by atoms with Crippen LogP contribution < -0.4 is 5.56 Å². The lowest BCUT2D eigenvalue weighted by atomic mass is 10.0. The Hall–Kier alpha value is -3.39. The summed E-state index contributed by atoms with van der Waals surface area (Å²) in [7, 11) is 1.73. The molecule has 0 fully saturated rings. The lowest BCUT2D eigenvalue weighted by Crippen LogP contribution is -2.20. The van der Waals surface area contributed by atoms with Gasteiger partial charge in [-0.05, 0) is 29.7 Å². The number of thioether (sulfide) groups is 1. The van der Waals surface area contributed by atoms with Gasteiger partial charge >= 0.3 is 0 Å². The summed E-state index contributed by atoms with van der Waals surface area (Å²) in [6.07, 6.45) is 3.81. The molecule has 0 atom stereocenters. The van der Waals surface area contributed by atoms with Crippen molar-refractivity contribution in [3.05, 3.63) is 82.7 Å². The number of para-hydroxylation sites is 2. The predicted octanol–water partition coefficient (Wildman–Crippen LogP) is 4.18. The zero-order valence-corrected chi connectivity index (χ0v) is 18.4. The average molecular weight is 431 g/mol. The maximum Gasteiger partial charge on any atom is 0.262 e. The maximum atomic E-state index is 12.6. The van der Waals surface area contributed by atoms with Crippen LogP contribution in [-0.4, -0.2) is 28.7 Å². The van der Waals surface area contributed by atoms with E-state index in [0.717, 1.165) is 22.2 Å². The third-order valence-electron chi connectivity index (χ3n) is 5.45. The Morgan fingerprint density at radius 3 is 2.65 bits per heavy atom. The van der Waals surface area contributed by atoms with E-state index in [0.29, 0.717) is 22.8 Å². The second kappa shape index (κ2) is 7.70. The standard InChI is InChI=1S/C23H22N6OS/c1-15(2)16-8-4-6-10-18(16)28-13-12-24-23(28)31-14-20-25-26-22-27(3)21(30)17-9-5-7-11-19(17)29(20)22/h4-13,15H,14H2,1-3H3. The van der Waals surface area contributed by atoms with Crippen LogP contribution in [0.15, 0.2) is 70.9 Å². The van der Waals surface area contributed by atoms with Gasteiger partial charge in [-0.3, -0.25) is 18.3 Å². The number of nitrogens with zero attached hydrogens (tertiary/aromatic N) is 6. The Morgan fingerprint density at radius 2 is 1.81 bits per heavy atom. The van der Waals surface area contributed by atoms with Crippen LogP contribution in [0.2, 0.25) is 0 Å². The third-order valence-corrected chi connectivity index (χ3v) is 6.41. The average Bonchev–Trinajstić information content (AvgIpc) is 3.43. The van der Waals surface area contributed by atoms with Gasteiger partial charge < -0.3 is 0 Å². The topological polar surface area (TPSA) is 70.0 Å². The quantitative estimate of drug-likeness (QED) is 0.391. The zero-order valence-electron chi connectivity index (χ0n) is 17.6. The van der Waals surface area contributed by atoms with E-state index in [-0.39, 0.29) is 5.56 Å². The highest BCUT2D eigenvalue weighted by molar-refractivity contribution is 7.98. The van der Waals surface area contributed by atoms with Crippen LogP contribution in [0, 0.1) is 0 Å². The smallest absolute Gasteiger partial charge is 0.262 e. The fourth-order valence-corrected chi connectivity index (χ4v) is 4.77. The van der Waals surface area contributed by atoms with Crippen LogP contribution in [0.4, 0.5) is 0 Å². The second-order valence-electron chi connectivity index (χ2n) is 7.71. The van der Waals surface area contributed by atoms with Crippen LogP contribution in [0.25, 0.3) is 22.4 Å². The van der Waals surface area contributed by atoms with Gasteiger partial charge in [0.2, 0.25) is 5.78 Å². The zero-order chi connectivity index (χ0) is 21.5. The molecule has 5 aromatic rings. The lowest BCUT2D eigenvalue weighted by molar-refractivity contribution is 0.817. The van der Waals surface area contributed by atoms with Gasteiger partial charge in [0.25, 0.3) is 5.56 Å². The highest BCUT2D eigenvalue weighted by Gasteiger charge is 2.17. The Balaban J connectivity index is 1.55. The van der Waals surface area contributed by atoms with Gasteiger partial charge in [0, 0.05) is 19.4 Å². The van der Waals surface area contributed by atoms with Gasteiger partial charge in [0.15, 0.2) is 5.16 Å². The molecule has 0 unspecified atom stereocenters. The summed E-state index contributed by atoms with van der Waals surface area (Å²) in [5, 5.41) is 10.2. The van der Waals surface area contributed by atoms with Crippen molar-refractivity contribution in [2.75, 3.05) is 0 Å². The van der Waals surface area contributed by atoms with Crippen molar-refractivity contribution in [3.63, 3.8) is 0 Å². The minimum absolute atomic E-state index is 0.0736. The first-order valence-corrected chi connectivity index (χ1v) is 11.1. The van der Waals surface area contributed by atoms with Gasteiger partial charge in [-0.15, -0.1) is 10.2 Å². The predicted molar refractivity (Wildman–Crippen MR) is 123 cm³/mol. The summed E-state index contributed by atoms with van der Waals surface area (Å²) < 4.78 is 5.62. The fraction of sp³-hybridized carbons (Fsp3) is 0.217. The van der Waals surface area contributed by atoms with Crippen LogP contribution in [0.3, 0.4) is 0 Å². The second-order valence-corrected chi connectivity index (χ2v) is 8.66. The van der Waals surface area contributed by atoms with Gasteiger partial charge in [0.1, 0.15) is 5.82 Å². The van der Waals surface area contributed by atoms with Crippen LogP contribution in [0.1, 0.15) is 31.2 Å². The van der Waals surface area contributed by atoms with Crippen molar-refractivity contribution in [1.82, 2.24) is 28.7 Å². The number of hydrogen-bond acceptors (Lipinski definition) is 5. The summed E-state index contributed by atoms with van der Waals surface area (Å²) in [5.74, 6) is 2.29. The number of hydrogen-bond donors (Lipinski definition) is 0. The molecule has 156 valence electrons. The first-order valence-electron chi connectivity index (χ1n) is 10.1. The van der Waals surface area contributed by atoms with Crippen LogP contribution in [0.5, 0.6) is 0 Å². The number of imidazole rings is 1. The number of rotatable bonds is 5. The number of aromatic nitrogens is 6. The SMILES string of the molecule is CC(C)c1ccccc1-n1ccnc1SCc1nnc2n(C)c(=O)c3ccccc3n12. The molecule has 2 aromatic carbocycles. The monoisotopic (exact) mass is 430 g/mol. The van der Waals surface area contributed by atoms with Crippen molar-refractivity contribution < 1.29 is 0 Å². The molecule has 7 nitrogen and oxygen atoms in total. The molecule has 0 radical (unpaired) electrons. The van der Waals surface area contributed by atoms with Gasteiger partial charge in [-0.1, -0.05) is 55.9 Å². The molecule has 0 bridgehead atoms. The Kier molecular flexibility index (Phi) is 4.86. The molecule has 8 heteroatoms. The van der Waals surface area contributed by atoms with E-state index < -0.39 is 0 Å². The molecule has 0 saturated heterocycles. The lowest BCUT2D eigenvalue weighted by Gasteiger charge is -2.15. The molecule has 31 heavy (non-hydrogen) atoms. The van der Waals surface area contributed by atoms with E-state index in [1.54, 1.807) is 23.4 Å². The van der Waals surface area contributed by atoms with E-state index in [1.165, 1.54) is 5.56 Å². The third kappa shape index (κ3) is 3.23. The molecular weight excluding hydrogens is 408 g/mol. The summed E-state index contributed by atoms with van der Waals surface area (Å²) in [6.45, 7) is 4.39. The van der Waals surface area contributed by atoms with Gasteiger partial charge in [-0.2, -0.15) is 0 Å². The van der Waals surface area contributed by atoms with E-state index in [4.69, 9.17) is 0 Å². The Morgan fingerprint density at radius 1 is 1.03 bits per heavy atom. The summed E-state index contributed by atoms with van der Waals surface area (Å²) in [4.78, 5) is 17.2. The fourth-order valence-electron chi connectivity index (χ4n) is 3.89. The summed E-state index contributed by atoms with van der Waals surface area (Å²) in [6, 6.07) is 16.0. The molecule has 0 saturated carbocycles. The molecule has 5 rings (SSSR count). The molecule has 0 spiro atoms. The first-order chi connectivity index (χ1) is 15.1. The number of fused-ring (bicyclic) bond motifs is 3. The molecule has 0 N–H and O–H groups in total. The molecular formula is C23H22N6OS. The highest BCUT2D eigenvalue weighted by Crippen LogP contribution is 2.29. The first kappa shape index (κ1) is 19.6. The van der Waals surface area contributed by atoms with Gasteiger partial charge in [0.05, 0.1) is 22.3 Å². The van der Waals surface area contributed by atoms with Crippen LogP contribution >= 0.6 is 11.8 Å². The highest BCUT2D eigenvalue weighted by atomic mass is 32.2. The maximum absolute atomic E-state index is 12.6. The van der Waals surface area contributed by atoms with Crippen molar-refractivity contribution in [2.45, 2.75) is 30.7 Å². The molecule has 0 aliphatic rings. The Bertz CT molecular complexity index is 1460. The van der Waals surface area contributed by atoms with E-state index >= 15 is 0 Å². The Labute approximate surface area is 183 Å². The van der Waals surface area contributed by atoms with E-state index in [9.17, 15) is 4.79 Å². The molecule has 0 aliphatic heterocycles. The number of benzene rings is 2. The normalized spacial score (nSPS) is 11.7. The molecule has 3 aromatic heterocycles. The van der Waals surface area contributed by atoms with E-state index in [2.05, 4.69) is 51.8 Å². The van der Waals surface area contributed by atoms with Crippen molar-refractivity contribution >= 4 is 28.4 Å². The molecule has 0 aliphatic carbocycles. The number of aryl methyl sites for hydroxylation is 1.